The van der Waals surface area contributed by atoms with Gasteiger partial charge in [-0.3, -0.25) is 4.79 Å². The Hall–Kier alpha value is -0.610. The molecule has 0 atom stereocenters. The highest BCUT2D eigenvalue weighted by atomic mass is 16.5. The number of hydrogen-bond donors (Lipinski definition) is 0. The Bertz CT molecular complexity index is 277. The molecule has 0 fully saturated rings. The van der Waals surface area contributed by atoms with Gasteiger partial charge in [0.2, 0.25) is 5.91 Å². The topological polar surface area (TPSA) is 38.8 Å². The van der Waals surface area contributed by atoms with Crippen molar-refractivity contribution in [1.29, 1.82) is 0 Å². The molecule has 0 saturated carbocycles. The predicted molar refractivity (Wildman–Crippen MR) is 89.6 cm³/mol. The first kappa shape index (κ1) is 22.7. The highest BCUT2D eigenvalue weighted by molar-refractivity contribution is 5.75. The van der Waals surface area contributed by atoms with E-state index in [9.17, 15) is 4.79 Å². The summed E-state index contributed by atoms with van der Waals surface area (Å²) in [5.74, 6) is 0.179. The first-order chi connectivity index (χ1) is 9.01. The van der Waals surface area contributed by atoms with Crippen molar-refractivity contribution in [2.45, 2.75) is 79.4 Å². The standard InChI is InChI=1S/C16H33NO3.CH4/c1-15(2,3)19-12-9-8-10-14(18)17(7)11-13-20-16(4,5)6;/h8-13H2,1-7H3;1H4. The van der Waals surface area contributed by atoms with Gasteiger partial charge in [-0.05, 0) is 54.4 Å². The second-order valence-corrected chi connectivity index (χ2v) is 7.19. The third kappa shape index (κ3) is 15.6. The van der Waals surface area contributed by atoms with Crippen LogP contribution in [0.3, 0.4) is 0 Å². The number of unbranched alkanes of at least 4 members (excludes halogenated alkanes) is 1. The number of rotatable bonds is 8. The van der Waals surface area contributed by atoms with E-state index in [4.69, 9.17) is 9.47 Å². The monoisotopic (exact) mass is 303 g/mol. The molecule has 0 rings (SSSR count). The normalized spacial score (nSPS) is 12.0. The van der Waals surface area contributed by atoms with E-state index in [-0.39, 0.29) is 24.5 Å². The highest BCUT2D eigenvalue weighted by Crippen LogP contribution is 2.09. The maximum absolute atomic E-state index is 11.9. The number of carbonyl (C=O) groups is 1. The Balaban J connectivity index is 0. The fourth-order valence-electron chi connectivity index (χ4n) is 1.56. The number of nitrogens with zero attached hydrogens (tertiary/aromatic N) is 1. The molecule has 0 aromatic rings. The number of amides is 1. The van der Waals surface area contributed by atoms with Gasteiger partial charge < -0.3 is 14.4 Å². The van der Waals surface area contributed by atoms with Gasteiger partial charge in [0.1, 0.15) is 0 Å². The maximum atomic E-state index is 11.9. The van der Waals surface area contributed by atoms with Crippen LogP contribution in [-0.4, -0.2) is 48.8 Å². The third-order valence-electron chi connectivity index (χ3n) is 2.71. The van der Waals surface area contributed by atoms with Gasteiger partial charge in [-0.25, -0.2) is 0 Å². The lowest BCUT2D eigenvalue weighted by molar-refractivity contribution is -0.131. The van der Waals surface area contributed by atoms with E-state index < -0.39 is 0 Å². The van der Waals surface area contributed by atoms with Gasteiger partial charge >= 0.3 is 0 Å². The molecule has 0 bridgehead atoms. The van der Waals surface area contributed by atoms with E-state index in [1.54, 1.807) is 4.90 Å². The lowest BCUT2D eigenvalue weighted by atomic mass is 10.2. The summed E-state index contributed by atoms with van der Waals surface area (Å²) in [5, 5.41) is 0. The fourth-order valence-corrected chi connectivity index (χ4v) is 1.56. The Labute approximate surface area is 132 Å². The van der Waals surface area contributed by atoms with Crippen LogP contribution in [0.5, 0.6) is 0 Å². The number of likely N-dealkylation sites (N-methyl/N-ethyl adjacent to an activating group) is 1. The van der Waals surface area contributed by atoms with Crippen LogP contribution in [0.4, 0.5) is 0 Å². The molecule has 4 nitrogen and oxygen atoms in total. The highest BCUT2D eigenvalue weighted by Gasteiger charge is 2.13. The van der Waals surface area contributed by atoms with Crippen LogP contribution < -0.4 is 0 Å². The van der Waals surface area contributed by atoms with E-state index in [0.717, 1.165) is 12.8 Å². The van der Waals surface area contributed by atoms with Gasteiger partial charge in [0, 0.05) is 26.6 Å². The molecule has 0 aromatic carbocycles. The predicted octanol–water partition coefficient (Wildman–Crippen LogP) is 3.88. The maximum Gasteiger partial charge on any atom is 0.222 e. The first-order valence-electron chi connectivity index (χ1n) is 7.53. The first-order valence-corrected chi connectivity index (χ1v) is 7.53. The van der Waals surface area contributed by atoms with Gasteiger partial charge in [0.05, 0.1) is 17.8 Å². The Morgan fingerprint density at radius 1 is 0.905 bits per heavy atom. The van der Waals surface area contributed by atoms with E-state index in [1.807, 2.05) is 48.6 Å². The molecule has 0 aliphatic rings. The molecule has 1 amide bonds. The summed E-state index contributed by atoms with van der Waals surface area (Å²) in [6, 6.07) is 0. The molecular formula is C17H37NO3. The second-order valence-electron chi connectivity index (χ2n) is 7.19. The van der Waals surface area contributed by atoms with Crippen molar-refractivity contribution in [3.63, 3.8) is 0 Å². The van der Waals surface area contributed by atoms with E-state index in [2.05, 4.69) is 0 Å². The smallest absolute Gasteiger partial charge is 0.222 e. The Kier molecular flexibility index (Phi) is 11.0. The minimum absolute atomic E-state index is 0. The van der Waals surface area contributed by atoms with Crippen LogP contribution >= 0.6 is 0 Å². The van der Waals surface area contributed by atoms with Crippen molar-refractivity contribution < 1.29 is 14.3 Å². The molecule has 0 heterocycles. The van der Waals surface area contributed by atoms with Crippen molar-refractivity contribution in [3.8, 4) is 0 Å². The number of hydrogen-bond acceptors (Lipinski definition) is 3. The van der Waals surface area contributed by atoms with Crippen molar-refractivity contribution >= 4 is 5.91 Å². The zero-order valence-electron chi connectivity index (χ0n) is 14.4. The summed E-state index contributed by atoms with van der Waals surface area (Å²) >= 11 is 0. The average molecular weight is 303 g/mol. The lowest BCUT2D eigenvalue weighted by Gasteiger charge is -2.23. The van der Waals surface area contributed by atoms with Gasteiger partial charge in [-0.15, -0.1) is 0 Å². The van der Waals surface area contributed by atoms with Gasteiger partial charge in [-0.2, -0.15) is 0 Å². The quantitative estimate of drug-likeness (QED) is 0.639. The molecule has 0 spiro atoms. The zero-order valence-corrected chi connectivity index (χ0v) is 14.4. The van der Waals surface area contributed by atoms with Crippen LogP contribution in [-0.2, 0) is 14.3 Å². The zero-order chi connectivity index (χ0) is 15.8. The summed E-state index contributed by atoms with van der Waals surface area (Å²) in [6.45, 7) is 14.1. The SMILES string of the molecule is C.CN(CCOC(C)(C)C)C(=O)CCCCOC(C)(C)C. The number of carbonyl (C=O) groups excluding carboxylic acids is 1. The van der Waals surface area contributed by atoms with Crippen LogP contribution in [0.2, 0.25) is 0 Å². The third-order valence-corrected chi connectivity index (χ3v) is 2.71. The van der Waals surface area contributed by atoms with Crippen molar-refractivity contribution in [3.05, 3.63) is 0 Å². The van der Waals surface area contributed by atoms with Crippen molar-refractivity contribution in [2.75, 3.05) is 26.8 Å². The summed E-state index contributed by atoms with van der Waals surface area (Å²) in [4.78, 5) is 13.6. The molecule has 0 aliphatic heterocycles. The van der Waals surface area contributed by atoms with E-state index >= 15 is 0 Å². The van der Waals surface area contributed by atoms with Crippen LogP contribution in [0, 0.1) is 0 Å². The minimum atomic E-state index is -0.145. The molecule has 128 valence electrons. The van der Waals surface area contributed by atoms with Crippen molar-refractivity contribution in [1.82, 2.24) is 4.90 Å². The molecular weight excluding hydrogens is 266 g/mol. The average Bonchev–Trinajstić information content (AvgIpc) is 2.24. The number of ether oxygens (including phenoxy) is 2. The van der Waals surface area contributed by atoms with Gasteiger partial charge in [0.25, 0.3) is 0 Å². The minimum Gasteiger partial charge on any atom is -0.376 e. The lowest BCUT2D eigenvalue weighted by Crippen LogP contribution is -2.32. The molecule has 0 saturated heterocycles. The summed E-state index contributed by atoms with van der Waals surface area (Å²) in [5.41, 5.74) is -0.237. The summed E-state index contributed by atoms with van der Waals surface area (Å²) in [6.07, 6.45) is 2.38. The molecule has 0 aliphatic carbocycles. The van der Waals surface area contributed by atoms with Crippen LogP contribution in [0.15, 0.2) is 0 Å². The molecule has 0 aromatic heterocycles. The fraction of sp³-hybridized carbons (Fsp3) is 0.941. The summed E-state index contributed by atoms with van der Waals surface area (Å²) in [7, 11) is 1.83. The van der Waals surface area contributed by atoms with E-state index in [0.29, 0.717) is 26.2 Å². The largest absolute Gasteiger partial charge is 0.376 e. The molecule has 21 heavy (non-hydrogen) atoms. The molecule has 0 radical (unpaired) electrons. The van der Waals surface area contributed by atoms with Gasteiger partial charge in [0.15, 0.2) is 0 Å². The summed E-state index contributed by atoms with van der Waals surface area (Å²) < 4.78 is 11.2. The second kappa shape index (κ2) is 10.2. The van der Waals surface area contributed by atoms with Crippen LogP contribution in [0.1, 0.15) is 68.2 Å². The molecule has 0 N–H and O–H groups in total. The van der Waals surface area contributed by atoms with E-state index in [1.165, 1.54) is 0 Å². The van der Waals surface area contributed by atoms with Crippen molar-refractivity contribution in [2.24, 2.45) is 0 Å². The Morgan fingerprint density at radius 2 is 1.38 bits per heavy atom. The molecule has 0 unspecified atom stereocenters. The Morgan fingerprint density at radius 3 is 1.86 bits per heavy atom. The van der Waals surface area contributed by atoms with Gasteiger partial charge in [-0.1, -0.05) is 7.43 Å². The van der Waals surface area contributed by atoms with Crippen LogP contribution in [0.25, 0.3) is 0 Å². The molecule has 4 heteroatoms.